The summed E-state index contributed by atoms with van der Waals surface area (Å²) in [4.78, 5) is 7.01. The van der Waals surface area contributed by atoms with Crippen molar-refractivity contribution in [1.29, 1.82) is 0 Å². The van der Waals surface area contributed by atoms with Crippen LogP contribution in [0.25, 0.3) is 0 Å². The van der Waals surface area contributed by atoms with Gasteiger partial charge in [-0.2, -0.15) is 11.3 Å². The second-order valence-electron chi connectivity index (χ2n) is 5.91. The molecule has 6 heteroatoms. The number of nitrogens with zero attached hydrogens (tertiary/aromatic N) is 2. The third kappa shape index (κ3) is 4.69. The van der Waals surface area contributed by atoms with Crippen LogP contribution in [0, 0.1) is 0 Å². The van der Waals surface area contributed by atoms with Crippen molar-refractivity contribution >= 4 is 17.3 Å². The van der Waals surface area contributed by atoms with Gasteiger partial charge in [0, 0.05) is 31.8 Å². The lowest BCUT2D eigenvalue weighted by molar-refractivity contribution is -0.00501. The highest BCUT2D eigenvalue weighted by molar-refractivity contribution is 7.07. The molecule has 124 valence electrons. The number of hydrogen-bond acceptors (Lipinski definition) is 4. The number of rotatable bonds is 6. The number of thiophene rings is 1. The van der Waals surface area contributed by atoms with Gasteiger partial charge in [-0.05, 0) is 56.3 Å². The van der Waals surface area contributed by atoms with Crippen LogP contribution in [0.3, 0.4) is 0 Å². The minimum atomic E-state index is 0.150. The van der Waals surface area contributed by atoms with Gasteiger partial charge in [0.1, 0.15) is 0 Å². The number of hydrogen-bond donors (Lipinski definition) is 2. The van der Waals surface area contributed by atoms with Crippen molar-refractivity contribution in [3.63, 3.8) is 0 Å². The van der Waals surface area contributed by atoms with Gasteiger partial charge in [-0.15, -0.1) is 0 Å². The molecule has 2 rings (SSSR count). The smallest absolute Gasteiger partial charge is 0.191 e. The van der Waals surface area contributed by atoms with E-state index in [-0.39, 0.29) is 5.54 Å². The lowest BCUT2D eigenvalue weighted by Gasteiger charge is -2.43. The zero-order chi connectivity index (χ0) is 15.8. The zero-order valence-electron chi connectivity index (χ0n) is 13.9. The molecule has 0 bridgehead atoms. The third-order valence-electron chi connectivity index (χ3n) is 4.30. The van der Waals surface area contributed by atoms with E-state index in [4.69, 9.17) is 4.74 Å². The van der Waals surface area contributed by atoms with Gasteiger partial charge < -0.3 is 20.3 Å². The molecule has 1 aromatic heterocycles. The van der Waals surface area contributed by atoms with Crippen molar-refractivity contribution in [3.05, 3.63) is 22.4 Å². The molecule has 0 aliphatic carbocycles. The van der Waals surface area contributed by atoms with Crippen molar-refractivity contribution in [1.82, 2.24) is 15.5 Å². The van der Waals surface area contributed by atoms with Crippen LogP contribution in [0.2, 0.25) is 0 Å². The molecule has 0 aromatic carbocycles. The number of likely N-dealkylation sites (N-methyl/N-ethyl adjacent to an activating group) is 1. The van der Waals surface area contributed by atoms with E-state index in [1.165, 1.54) is 5.56 Å². The van der Waals surface area contributed by atoms with E-state index in [1.54, 1.807) is 11.3 Å². The van der Waals surface area contributed by atoms with Crippen molar-refractivity contribution in [2.24, 2.45) is 4.99 Å². The average Bonchev–Trinajstić information content (AvgIpc) is 3.04. The first kappa shape index (κ1) is 17.2. The summed E-state index contributed by atoms with van der Waals surface area (Å²) in [6, 6.07) is 2.12. The molecule has 1 aromatic rings. The Kier molecular flexibility index (Phi) is 6.67. The molecule has 1 aliphatic rings. The van der Waals surface area contributed by atoms with Gasteiger partial charge in [0.25, 0.3) is 0 Å². The predicted octanol–water partition coefficient (Wildman–Crippen LogP) is 1.91. The maximum Gasteiger partial charge on any atom is 0.191 e. The molecule has 0 saturated carbocycles. The summed E-state index contributed by atoms with van der Waals surface area (Å²) in [5.41, 5.74) is 1.41. The Bertz CT molecular complexity index is 453. The van der Waals surface area contributed by atoms with Crippen molar-refractivity contribution in [2.75, 3.05) is 40.4 Å². The summed E-state index contributed by atoms with van der Waals surface area (Å²) >= 11 is 1.71. The normalized spacial score (nSPS) is 18.5. The molecular formula is C16H28N4OS. The number of guanidine groups is 1. The fourth-order valence-electron chi connectivity index (χ4n) is 2.68. The van der Waals surface area contributed by atoms with E-state index >= 15 is 0 Å². The Morgan fingerprint density at radius 1 is 1.36 bits per heavy atom. The van der Waals surface area contributed by atoms with Crippen LogP contribution in [-0.2, 0) is 11.3 Å². The third-order valence-corrected chi connectivity index (χ3v) is 5.03. The van der Waals surface area contributed by atoms with Crippen LogP contribution in [0.5, 0.6) is 0 Å². The van der Waals surface area contributed by atoms with Gasteiger partial charge in [0.15, 0.2) is 5.96 Å². The molecule has 5 nitrogen and oxygen atoms in total. The maximum absolute atomic E-state index is 5.53. The second-order valence-corrected chi connectivity index (χ2v) is 6.69. The highest BCUT2D eigenvalue weighted by atomic mass is 32.1. The monoisotopic (exact) mass is 324 g/mol. The summed E-state index contributed by atoms with van der Waals surface area (Å²) in [5.74, 6) is 0.890. The van der Waals surface area contributed by atoms with Crippen molar-refractivity contribution in [3.8, 4) is 0 Å². The first-order valence-corrected chi connectivity index (χ1v) is 8.89. The van der Waals surface area contributed by atoms with Crippen LogP contribution in [0.1, 0.15) is 25.3 Å². The Labute approximate surface area is 137 Å². The molecule has 0 amide bonds. The Hall–Kier alpha value is -1.11. The van der Waals surface area contributed by atoms with Crippen LogP contribution in [0.4, 0.5) is 0 Å². The van der Waals surface area contributed by atoms with Gasteiger partial charge in [-0.1, -0.05) is 0 Å². The summed E-state index contributed by atoms with van der Waals surface area (Å²) in [6.07, 6.45) is 2.11. The molecule has 0 unspecified atom stereocenters. The average molecular weight is 324 g/mol. The Balaban J connectivity index is 1.95. The van der Waals surface area contributed by atoms with Crippen molar-refractivity contribution in [2.45, 2.75) is 31.8 Å². The SMILES string of the molecule is CCNC(=NCc1ccsc1)NCC1(N(C)C)CCOCC1. The Morgan fingerprint density at radius 2 is 2.14 bits per heavy atom. The van der Waals surface area contributed by atoms with E-state index < -0.39 is 0 Å². The van der Waals surface area contributed by atoms with Crippen LogP contribution in [0.15, 0.2) is 21.8 Å². The largest absolute Gasteiger partial charge is 0.381 e. The highest BCUT2D eigenvalue weighted by Gasteiger charge is 2.34. The molecule has 0 radical (unpaired) electrons. The van der Waals surface area contributed by atoms with Gasteiger partial charge in [0.2, 0.25) is 0 Å². The molecule has 22 heavy (non-hydrogen) atoms. The van der Waals surface area contributed by atoms with Gasteiger partial charge in [0.05, 0.1) is 6.54 Å². The molecule has 1 fully saturated rings. The van der Waals surface area contributed by atoms with Crippen LogP contribution < -0.4 is 10.6 Å². The lowest BCUT2D eigenvalue weighted by atomic mass is 9.88. The van der Waals surface area contributed by atoms with Gasteiger partial charge >= 0.3 is 0 Å². The number of aliphatic imine (C=N–C) groups is 1. The van der Waals surface area contributed by atoms with E-state index in [0.29, 0.717) is 0 Å². The molecule has 2 heterocycles. The molecule has 0 atom stereocenters. The number of ether oxygens (including phenoxy) is 1. The van der Waals surface area contributed by atoms with Gasteiger partial charge in [-0.25, -0.2) is 4.99 Å². The molecule has 1 saturated heterocycles. The quantitative estimate of drug-likeness (QED) is 0.620. The van der Waals surface area contributed by atoms with E-state index in [2.05, 4.69) is 58.4 Å². The zero-order valence-corrected chi connectivity index (χ0v) is 14.7. The summed E-state index contributed by atoms with van der Waals surface area (Å²) in [6.45, 7) is 6.24. The Morgan fingerprint density at radius 3 is 2.73 bits per heavy atom. The van der Waals surface area contributed by atoms with E-state index in [0.717, 1.165) is 51.6 Å². The predicted molar refractivity (Wildman–Crippen MR) is 93.6 cm³/mol. The minimum absolute atomic E-state index is 0.150. The molecule has 2 N–H and O–H groups in total. The summed E-state index contributed by atoms with van der Waals surface area (Å²) < 4.78 is 5.53. The first-order chi connectivity index (χ1) is 10.7. The van der Waals surface area contributed by atoms with E-state index in [1.807, 2.05) is 0 Å². The number of nitrogens with one attached hydrogen (secondary N) is 2. The fraction of sp³-hybridized carbons (Fsp3) is 0.688. The molecule has 0 spiro atoms. The van der Waals surface area contributed by atoms with Gasteiger partial charge in [-0.3, -0.25) is 0 Å². The maximum atomic E-state index is 5.53. The minimum Gasteiger partial charge on any atom is -0.381 e. The molecular weight excluding hydrogens is 296 g/mol. The topological polar surface area (TPSA) is 48.9 Å². The second kappa shape index (κ2) is 8.50. The molecule has 1 aliphatic heterocycles. The first-order valence-electron chi connectivity index (χ1n) is 7.95. The highest BCUT2D eigenvalue weighted by Crippen LogP contribution is 2.25. The fourth-order valence-corrected chi connectivity index (χ4v) is 3.34. The lowest BCUT2D eigenvalue weighted by Crippen LogP contribution is -2.57. The summed E-state index contributed by atoms with van der Waals surface area (Å²) in [5, 5.41) is 11.1. The standard InChI is InChI=1S/C16H28N4OS/c1-4-17-15(18-11-14-5-10-22-12-14)19-13-16(20(2)3)6-8-21-9-7-16/h5,10,12H,4,6-9,11,13H2,1-3H3,(H2,17,18,19). The van der Waals surface area contributed by atoms with Crippen LogP contribution in [-0.4, -0.2) is 56.8 Å². The van der Waals surface area contributed by atoms with Crippen molar-refractivity contribution < 1.29 is 4.74 Å². The van der Waals surface area contributed by atoms with E-state index in [9.17, 15) is 0 Å². The van der Waals surface area contributed by atoms with Crippen LogP contribution >= 0.6 is 11.3 Å². The summed E-state index contributed by atoms with van der Waals surface area (Å²) in [7, 11) is 4.31.